The number of para-hydroxylation sites is 1. The number of carbonyl (C=O) groups is 1. The molecule has 0 aliphatic carbocycles. The molecule has 0 N–H and O–H groups in total. The van der Waals surface area contributed by atoms with Crippen LogP contribution in [0.25, 0.3) is 0 Å². The van der Waals surface area contributed by atoms with E-state index in [1.54, 1.807) is 0 Å². The standard InChI is InChI=1S/C18H21NO/c1-15(2)18(20)19(17-11-7-4-8-12-17)14-13-16-9-5-3-6-10-16/h3-12,15H,13-14H2,1-2H3. The van der Waals surface area contributed by atoms with Crippen molar-refractivity contribution < 1.29 is 4.79 Å². The summed E-state index contributed by atoms with van der Waals surface area (Å²) in [7, 11) is 0. The highest BCUT2D eigenvalue weighted by Crippen LogP contribution is 2.17. The van der Waals surface area contributed by atoms with Crippen LogP contribution in [0.1, 0.15) is 19.4 Å². The van der Waals surface area contributed by atoms with E-state index in [9.17, 15) is 4.79 Å². The first-order valence-corrected chi connectivity index (χ1v) is 7.09. The van der Waals surface area contributed by atoms with Crippen molar-refractivity contribution in [2.75, 3.05) is 11.4 Å². The Balaban J connectivity index is 2.13. The van der Waals surface area contributed by atoms with E-state index in [0.717, 1.165) is 12.1 Å². The molecule has 0 fully saturated rings. The second kappa shape index (κ2) is 6.90. The second-order valence-corrected chi connectivity index (χ2v) is 5.22. The average Bonchev–Trinajstić information content (AvgIpc) is 2.49. The minimum absolute atomic E-state index is 0.00554. The molecule has 2 aromatic carbocycles. The van der Waals surface area contributed by atoms with Crippen LogP contribution in [0.5, 0.6) is 0 Å². The van der Waals surface area contributed by atoms with Gasteiger partial charge in [0, 0.05) is 18.2 Å². The van der Waals surface area contributed by atoms with E-state index in [0.29, 0.717) is 6.54 Å². The Morgan fingerprint density at radius 2 is 1.50 bits per heavy atom. The highest BCUT2D eigenvalue weighted by molar-refractivity contribution is 5.94. The summed E-state index contributed by atoms with van der Waals surface area (Å²) in [6.07, 6.45) is 0.869. The number of hydrogen-bond acceptors (Lipinski definition) is 1. The molecule has 0 aromatic heterocycles. The molecule has 0 bridgehead atoms. The summed E-state index contributed by atoms with van der Waals surface area (Å²) in [5, 5.41) is 0. The highest BCUT2D eigenvalue weighted by atomic mass is 16.2. The van der Waals surface area contributed by atoms with E-state index in [2.05, 4.69) is 12.1 Å². The van der Waals surface area contributed by atoms with Crippen LogP contribution in [0, 0.1) is 5.92 Å². The lowest BCUT2D eigenvalue weighted by molar-refractivity contribution is -0.121. The summed E-state index contributed by atoms with van der Waals surface area (Å²) in [4.78, 5) is 14.3. The molecule has 0 saturated carbocycles. The van der Waals surface area contributed by atoms with Gasteiger partial charge >= 0.3 is 0 Å². The van der Waals surface area contributed by atoms with E-state index in [1.165, 1.54) is 5.56 Å². The third-order valence-corrected chi connectivity index (χ3v) is 3.29. The summed E-state index contributed by atoms with van der Waals surface area (Å²) in [6.45, 7) is 4.60. The lowest BCUT2D eigenvalue weighted by Gasteiger charge is -2.24. The monoisotopic (exact) mass is 267 g/mol. The Hall–Kier alpha value is -2.09. The van der Waals surface area contributed by atoms with Gasteiger partial charge in [-0.05, 0) is 24.1 Å². The number of nitrogens with zero attached hydrogens (tertiary/aromatic N) is 1. The largest absolute Gasteiger partial charge is 0.312 e. The zero-order chi connectivity index (χ0) is 14.4. The molecule has 0 radical (unpaired) electrons. The van der Waals surface area contributed by atoms with Crippen molar-refractivity contribution in [3.05, 3.63) is 66.2 Å². The SMILES string of the molecule is CC(C)C(=O)N(CCc1ccccc1)c1ccccc1. The van der Waals surface area contributed by atoms with Crippen molar-refractivity contribution in [2.24, 2.45) is 5.92 Å². The zero-order valence-corrected chi connectivity index (χ0v) is 12.1. The Kier molecular flexibility index (Phi) is 4.94. The van der Waals surface area contributed by atoms with Crippen LogP contribution in [0.15, 0.2) is 60.7 Å². The van der Waals surface area contributed by atoms with Gasteiger partial charge < -0.3 is 4.90 Å². The van der Waals surface area contributed by atoms with Crippen LogP contribution in [0.3, 0.4) is 0 Å². The predicted octanol–water partition coefficient (Wildman–Crippen LogP) is 3.92. The number of anilines is 1. The first-order chi connectivity index (χ1) is 9.68. The van der Waals surface area contributed by atoms with Crippen LogP contribution in [-0.2, 0) is 11.2 Å². The first-order valence-electron chi connectivity index (χ1n) is 7.09. The minimum Gasteiger partial charge on any atom is -0.312 e. The first kappa shape index (κ1) is 14.3. The molecule has 2 aromatic rings. The van der Waals surface area contributed by atoms with Crippen LogP contribution < -0.4 is 4.90 Å². The zero-order valence-electron chi connectivity index (χ0n) is 12.1. The Morgan fingerprint density at radius 3 is 2.05 bits per heavy atom. The van der Waals surface area contributed by atoms with Gasteiger partial charge in [-0.15, -0.1) is 0 Å². The minimum atomic E-state index is 0.00554. The summed E-state index contributed by atoms with van der Waals surface area (Å²) < 4.78 is 0. The quantitative estimate of drug-likeness (QED) is 0.804. The van der Waals surface area contributed by atoms with Crippen molar-refractivity contribution in [1.29, 1.82) is 0 Å². The van der Waals surface area contributed by atoms with Crippen molar-refractivity contribution >= 4 is 11.6 Å². The van der Waals surface area contributed by atoms with Crippen LogP contribution in [0.2, 0.25) is 0 Å². The van der Waals surface area contributed by atoms with Crippen LogP contribution in [0.4, 0.5) is 5.69 Å². The number of carbonyl (C=O) groups excluding carboxylic acids is 1. The third kappa shape index (κ3) is 3.70. The van der Waals surface area contributed by atoms with Crippen molar-refractivity contribution in [3.63, 3.8) is 0 Å². The molecular formula is C18H21NO. The number of rotatable bonds is 5. The van der Waals surface area contributed by atoms with Crippen molar-refractivity contribution in [1.82, 2.24) is 0 Å². The number of benzene rings is 2. The summed E-state index contributed by atoms with van der Waals surface area (Å²) in [5.41, 5.74) is 2.23. The molecule has 2 rings (SSSR count). The topological polar surface area (TPSA) is 20.3 Å². The van der Waals surface area contributed by atoms with Gasteiger partial charge in [-0.25, -0.2) is 0 Å². The lowest BCUT2D eigenvalue weighted by atomic mass is 10.1. The third-order valence-electron chi connectivity index (χ3n) is 3.29. The van der Waals surface area contributed by atoms with Crippen molar-refractivity contribution in [2.45, 2.75) is 20.3 Å². The van der Waals surface area contributed by atoms with Gasteiger partial charge in [0.1, 0.15) is 0 Å². The molecule has 0 aliphatic heterocycles. The van der Waals surface area contributed by atoms with Gasteiger partial charge in [-0.2, -0.15) is 0 Å². The average molecular weight is 267 g/mol. The molecule has 0 saturated heterocycles. The van der Waals surface area contributed by atoms with E-state index in [4.69, 9.17) is 0 Å². The van der Waals surface area contributed by atoms with Gasteiger partial charge in [0.05, 0.1) is 0 Å². The summed E-state index contributed by atoms with van der Waals surface area (Å²) in [6, 6.07) is 20.2. The van der Waals surface area contributed by atoms with E-state index < -0.39 is 0 Å². The second-order valence-electron chi connectivity index (χ2n) is 5.22. The Bertz CT molecular complexity index is 534. The van der Waals surface area contributed by atoms with Gasteiger partial charge in [0.2, 0.25) is 5.91 Å². The lowest BCUT2D eigenvalue weighted by Crippen LogP contribution is -2.35. The van der Waals surface area contributed by atoms with Crippen LogP contribution >= 0.6 is 0 Å². The van der Waals surface area contributed by atoms with E-state index in [1.807, 2.05) is 67.3 Å². The van der Waals surface area contributed by atoms with Gasteiger partial charge in [0.15, 0.2) is 0 Å². The molecule has 0 aliphatic rings. The molecule has 0 atom stereocenters. The Labute approximate surface area is 121 Å². The predicted molar refractivity (Wildman–Crippen MR) is 83.8 cm³/mol. The fourth-order valence-corrected chi connectivity index (χ4v) is 2.17. The molecule has 0 unspecified atom stereocenters. The normalized spacial score (nSPS) is 10.6. The van der Waals surface area contributed by atoms with Gasteiger partial charge in [-0.1, -0.05) is 62.4 Å². The van der Waals surface area contributed by atoms with E-state index >= 15 is 0 Å². The molecule has 1 amide bonds. The maximum Gasteiger partial charge on any atom is 0.229 e. The molecule has 2 heteroatoms. The fourth-order valence-electron chi connectivity index (χ4n) is 2.17. The maximum absolute atomic E-state index is 12.4. The van der Waals surface area contributed by atoms with Crippen LogP contribution in [-0.4, -0.2) is 12.5 Å². The molecule has 20 heavy (non-hydrogen) atoms. The van der Waals surface area contributed by atoms with E-state index in [-0.39, 0.29) is 11.8 Å². The highest BCUT2D eigenvalue weighted by Gasteiger charge is 2.18. The molecule has 2 nitrogen and oxygen atoms in total. The summed E-state index contributed by atoms with van der Waals surface area (Å²) in [5.74, 6) is 0.179. The molecule has 104 valence electrons. The molecule has 0 heterocycles. The smallest absolute Gasteiger partial charge is 0.229 e. The van der Waals surface area contributed by atoms with Gasteiger partial charge in [-0.3, -0.25) is 4.79 Å². The fraction of sp³-hybridized carbons (Fsp3) is 0.278. The van der Waals surface area contributed by atoms with Crippen molar-refractivity contribution in [3.8, 4) is 0 Å². The van der Waals surface area contributed by atoms with Gasteiger partial charge in [0.25, 0.3) is 0 Å². The summed E-state index contributed by atoms with van der Waals surface area (Å²) >= 11 is 0. The number of hydrogen-bond donors (Lipinski definition) is 0. The maximum atomic E-state index is 12.4. The Morgan fingerprint density at radius 1 is 0.950 bits per heavy atom. The molecular weight excluding hydrogens is 246 g/mol. The number of amides is 1. The molecule has 0 spiro atoms.